The summed E-state index contributed by atoms with van der Waals surface area (Å²) in [6, 6.07) is 14.2. The molecule has 0 aliphatic rings. The topological polar surface area (TPSA) is 27.7 Å². The van der Waals surface area contributed by atoms with Crippen LogP contribution < -0.4 is 14.2 Å². The van der Waals surface area contributed by atoms with Gasteiger partial charge in [0.1, 0.15) is 17.2 Å². The summed E-state index contributed by atoms with van der Waals surface area (Å²) in [5, 5.41) is 4.12. The molecule has 0 amide bonds. The van der Waals surface area contributed by atoms with E-state index in [1.807, 2.05) is 24.3 Å². The van der Waals surface area contributed by atoms with Crippen molar-refractivity contribution < 1.29 is 14.2 Å². The second-order valence-electron chi connectivity index (χ2n) is 5.57. The average Bonchev–Trinajstić information content (AvgIpc) is 2.63. The van der Waals surface area contributed by atoms with Gasteiger partial charge in [0.15, 0.2) is 0 Å². The smallest absolute Gasteiger partial charge is 0.142 e. The van der Waals surface area contributed by atoms with Crippen molar-refractivity contribution in [3.8, 4) is 17.2 Å². The van der Waals surface area contributed by atoms with Crippen molar-refractivity contribution in [2.75, 3.05) is 26.7 Å². The Labute approximate surface area is 147 Å². The van der Waals surface area contributed by atoms with Gasteiger partial charge in [-0.1, -0.05) is 24.3 Å². The van der Waals surface area contributed by atoms with E-state index in [1.54, 1.807) is 14.2 Å². The monoisotopic (exact) mass is 344 g/mol. The van der Waals surface area contributed by atoms with E-state index in [2.05, 4.69) is 18.2 Å². The Morgan fingerprint density at radius 3 is 1.92 bits per heavy atom. The van der Waals surface area contributed by atoms with Gasteiger partial charge in [-0.15, -0.1) is 11.6 Å². The van der Waals surface area contributed by atoms with Crippen LogP contribution in [-0.2, 0) is 0 Å². The molecule has 0 saturated carbocycles. The van der Waals surface area contributed by atoms with E-state index in [4.69, 9.17) is 25.8 Å². The molecule has 3 nitrogen and oxygen atoms in total. The third kappa shape index (κ3) is 3.09. The molecule has 0 heterocycles. The molecule has 0 saturated heterocycles. The molecule has 3 rings (SSSR count). The lowest BCUT2D eigenvalue weighted by atomic mass is 10.0. The lowest BCUT2D eigenvalue weighted by molar-refractivity contribution is 0.314. The largest absolute Gasteiger partial charge is 0.496 e. The average molecular weight is 345 g/mol. The zero-order valence-electron chi connectivity index (χ0n) is 14.0. The maximum absolute atomic E-state index is 6.20. The summed E-state index contributed by atoms with van der Waals surface area (Å²) in [5.41, 5.74) is 0. The summed E-state index contributed by atoms with van der Waals surface area (Å²) < 4.78 is 17.4. The highest BCUT2D eigenvalue weighted by Crippen LogP contribution is 2.43. The second kappa shape index (κ2) is 7.63. The van der Waals surface area contributed by atoms with Crippen LogP contribution in [0.2, 0.25) is 0 Å². The molecule has 126 valence electrons. The van der Waals surface area contributed by atoms with Gasteiger partial charge in [0.2, 0.25) is 0 Å². The number of rotatable bonds is 7. The molecule has 24 heavy (non-hydrogen) atoms. The quantitative estimate of drug-likeness (QED) is 0.326. The van der Waals surface area contributed by atoms with E-state index in [0.717, 1.165) is 51.6 Å². The first kappa shape index (κ1) is 16.7. The van der Waals surface area contributed by atoms with Crippen LogP contribution in [0.1, 0.15) is 12.8 Å². The van der Waals surface area contributed by atoms with Gasteiger partial charge in [0.25, 0.3) is 0 Å². The Hall–Kier alpha value is -2.13. The number of hydrogen-bond acceptors (Lipinski definition) is 3. The summed E-state index contributed by atoms with van der Waals surface area (Å²) in [6.45, 7) is 0.608. The number of benzene rings is 3. The van der Waals surface area contributed by atoms with Gasteiger partial charge in [-0.2, -0.15) is 0 Å². The molecule has 4 heteroatoms. The molecule has 0 spiro atoms. The normalized spacial score (nSPS) is 11.0. The summed E-state index contributed by atoms with van der Waals surface area (Å²) in [6.07, 6.45) is 1.84. The molecule has 0 bridgehead atoms. The predicted octanol–water partition coefficient (Wildman–Crippen LogP) is 5.41. The molecule has 0 aliphatic heterocycles. The van der Waals surface area contributed by atoms with Gasteiger partial charge in [-0.05, 0) is 41.8 Å². The van der Waals surface area contributed by atoms with Gasteiger partial charge >= 0.3 is 0 Å². The van der Waals surface area contributed by atoms with Gasteiger partial charge in [0.05, 0.1) is 31.6 Å². The lowest BCUT2D eigenvalue weighted by Gasteiger charge is -2.17. The minimum Gasteiger partial charge on any atom is -0.496 e. The summed E-state index contributed by atoms with van der Waals surface area (Å²) in [4.78, 5) is 0. The zero-order valence-corrected chi connectivity index (χ0v) is 14.7. The van der Waals surface area contributed by atoms with Gasteiger partial charge < -0.3 is 14.2 Å². The number of alkyl halides is 1. The fourth-order valence-corrected chi connectivity index (χ4v) is 3.16. The molecule has 0 atom stereocenters. The fourth-order valence-electron chi connectivity index (χ4n) is 2.97. The van der Waals surface area contributed by atoms with Crippen LogP contribution in [0.4, 0.5) is 0 Å². The highest BCUT2D eigenvalue weighted by molar-refractivity contribution is 6.17. The van der Waals surface area contributed by atoms with Crippen LogP contribution in [0.15, 0.2) is 42.5 Å². The Kier molecular flexibility index (Phi) is 5.31. The van der Waals surface area contributed by atoms with Gasteiger partial charge in [-0.3, -0.25) is 0 Å². The molecule has 3 aromatic carbocycles. The van der Waals surface area contributed by atoms with Crippen LogP contribution in [-0.4, -0.2) is 26.7 Å². The Morgan fingerprint density at radius 1 is 0.833 bits per heavy atom. The lowest BCUT2D eigenvalue weighted by Crippen LogP contribution is -2.01. The van der Waals surface area contributed by atoms with Crippen molar-refractivity contribution in [3.05, 3.63) is 42.5 Å². The van der Waals surface area contributed by atoms with E-state index in [0.29, 0.717) is 12.5 Å². The molecule has 0 N–H and O–H groups in total. The van der Waals surface area contributed by atoms with E-state index >= 15 is 0 Å². The standard InChI is InChI=1S/C20H21ClO3/c1-22-16-9-5-7-14-13-15-8-6-10-17(23-2)19(15)20(18(14)16)24-12-4-3-11-21/h5-10,13H,3-4,11-12H2,1-2H3. The first-order valence-electron chi connectivity index (χ1n) is 8.05. The third-order valence-corrected chi connectivity index (χ3v) is 4.36. The van der Waals surface area contributed by atoms with Crippen LogP contribution >= 0.6 is 11.6 Å². The highest BCUT2D eigenvalue weighted by atomic mass is 35.5. The molecule has 0 aromatic heterocycles. The number of unbranched alkanes of at least 4 members (excludes halogenated alkanes) is 1. The number of halogens is 1. The van der Waals surface area contributed by atoms with Crippen molar-refractivity contribution in [1.82, 2.24) is 0 Å². The first-order chi connectivity index (χ1) is 11.8. The number of fused-ring (bicyclic) bond motifs is 2. The molecular weight excluding hydrogens is 324 g/mol. The van der Waals surface area contributed by atoms with Gasteiger partial charge in [-0.25, -0.2) is 0 Å². The van der Waals surface area contributed by atoms with Crippen LogP contribution in [0.5, 0.6) is 17.2 Å². The maximum atomic E-state index is 6.20. The Bertz CT molecular complexity index is 783. The highest BCUT2D eigenvalue weighted by Gasteiger charge is 2.16. The molecule has 0 aliphatic carbocycles. The molecule has 3 aromatic rings. The maximum Gasteiger partial charge on any atom is 0.142 e. The molecule has 0 unspecified atom stereocenters. The van der Waals surface area contributed by atoms with Crippen LogP contribution in [0.25, 0.3) is 21.5 Å². The van der Waals surface area contributed by atoms with E-state index in [1.165, 1.54) is 0 Å². The third-order valence-electron chi connectivity index (χ3n) is 4.10. The SMILES string of the molecule is COc1cccc2cc3cccc(OC)c3c(OCCCCCl)c12. The summed E-state index contributed by atoms with van der Waals surface area (Å²) >= 11 is 5.77. The van der Waals surface area contributed by atoms with E-state index in [9.17, 15) is 0 Å². The molecular formula is C20H21ClO3. The number of ether oxygens (including phenoxy) is 3. The van der Waals surface area contributed by atoms with Crippen molar-refractivity contribution in [1.29, 1.82) is 0 Å². The zero-order chi connectivity index (χ0) is 16.9. The van der Waals surface area contributed by atoms with E-state index in [-0.39, 0.29) is 0 Å². The number of hydrogen-bond donors (Lipinski definition) is 0. The van der Waals surface area contributed by atoms with Crippen molar-refractivity contribution in [2.24, 2.45) is 0 Å². The summed E-state index contributed by atoms with van der Waals surface area (Å²) in [7, 11) is 3.36. The summed E-state index contributed by atoms with van der Waals surface area (Å²) in [5.74, 6) is 3.05. The van der Waals surface area contributed by atoms with Crippen LogP contribution in [0.3, 0.4) is 0 Å². The Morgan fingerprint density at radius 2 is 1.42 bits per heavy atom. The predicted molar refractivity (Wildman–Crippen MR) is 100 cm³/mol. The number of methoxy groups -OCH3 is 2. The van der Waals surface area contributed by atoms with Crippen LogP contribution in [0, 0.1) is 0 Å². The van der Waals surface area contributed by atoms with Crippen molar-refractivity contribution >= 4 is 33.1 Å². The minimum absolute atomic E-state index is 0.608. The first-order valence-corrected chi connectivity index (χ1v) is 8.58. The molecule has 0 fully saturated rings. The minimum atomic E-state index is 0.608. The fraction of sp³-hybridized carbons (Fsp3) is 0.300. The van der Waals surface area contributed by atoms with Gasteiger partial charge in [0, 0.05) is 5.88 Å². The van der Waals surface area contributed by atoms with E-state index < -0.39 is 0 Å². The Balaban J connectivity index is 2.25. The van der Waals surface area contributed by atoms with Crippen molar-refractivity contribution in [2.45, 2.75) is 12.8 Å². The van der Waals surface area contributed by atoms with Crippen molar-refractivity contribution in [3.63, 3.8) is 0 Å². The molecule has 0 radical (unpaired) electrons. The second-order valence-corrected chi connectivity index (χ2v) is 5.94.